The Morgan fingerprint density at radius 2 is 1.92 bits per heavy atom. The van der Waals surface area contributed by atoms with Crippen molar-refractivity contribution in [2.45, 2.75) is 37.0 Å². The van der Waals surface area contributed by atoms with Crippen LogP contribution in [0.4, 0.5) is 0 Å². The molecule has 0 aliphatic rings. The van der Waals surface area contributed by atoms with Crippen molar-refractivity contribution in [1.29, 1.82) is 0 Å². The summed E-state index contributed by atoms with van der Waals surface area (Å²) in [7, 11) is 0. The maximum Gasteiger partial charge on any atom is 0.233 e. The van der Waals surface area contributed by atoms with Gasteiger partial charge in [-0.25, -0.2) is 0 Å². The smallest absolute Gasteiger partial charge is 0.233 e. The normalized spacial score (nSPS) is 13.7. The summed E-state index contributed by atoms with van der Waals surface area (Å²) in [6, 6.07) is 12.5. The van der Waals surface area contributed by atoms with Gasteiger partial charge in [0, 0.05) is 11.4 Å². The Bertz CT molecular complexity index is 597. The van der Waals surface area contributed by atoms with Crippen LogP contribution in [0.2, 0.25) is 0 Å². The standard InChI is InChI=1S/C19H26N2OS2/c1-4-21(5-2)18(16-11-12-23-14-16)13-20-19(22)15(3)24-17-9-7-6-8-10-17/h6-12,14-15,18H,4-5,13H2,1-3H3,(H,20,22). The zero-order valence-electron chi connectivity index (χ0n) is 14.6. The molecule has 130 valence electrons. The van der Waals surface area contributed by atoms with Crippen LogP contribution in [-0.4, -0.2) is 35.7 Å². The van der Waals surface area contributed by atoms with Crippen LogP contribution in [0.1, 0.15) is 32.4 Å². The number of thioether (sulfide) groups is 1. The summed E-state index contributed by atoms with van der Waals surface area (Å²) in [6.45, 7) is 8.89. The van der Waals surface area contributed by atoms with E-state index in [4.69, 9.17) is 0 Å². The predicted molar refractivity (Wildman–Crippen MR) is 105 cm³/mol. The number of nitrogens with zero attached hydrogens (tertiary/aromatic N) is 1. The molecule has 0 saturated carbocycles. The minimum atomic E-state index is -0.104. The molecule has 2 atom stereocenters. The second-order valence-corrected chi connectivity index (χ2v) is 7.81. The lowest BCUT2D eigenvalue weighted by Crippen LogP contribution is -2.40. The number of thiophene rings is 1. The Balaban J connectivity index is 1.94. The van der Waals surface area contributed by atoms with Gasteiger partial charge in [0.05, 0.1) is 11.3 Å². The molecule has 1 N–H and O–H groups in total. The van der Waals surface area contributed by atoms with Gasteiger partial charge in [0.15, 0.2) is 0 Å². The Kier molecular flexibility index (Phi) is 7.82. The van der Waals surface area contributed by atoms with Crippen molar-refractivity contribution >= 4 is 29.0 Å². The molecule has 2 aromatic rings. The number of benzene rings is 1. The minimum absolute atomic E-state index is 0.0937. The zero-order valence-corrected chi connectivity index (χ0v) is 16.2. The van der Waals surface area contributed by atoms with Crippen LogP contribution in [0.5, 0.6) is 0 Å². The first-order valence-electron chi connectivity index (χ1n) is 8.41. The highest BCUT2D eigenvalue weighted by atomic mass is 32.2. The minimum Gasteiger partial charge on any atom is -0.353 e. The highest BCUT2D eigenvalue weighted by Crippen LogP contribution is 2.24. The fourth-order valence-electron chi connectivity index (χ4n) is 2.68. The van der Waals surface area contributed by atoms with Crippen LogP contribution in [0.15, 0.2) is 52.1 Å². The van der Waals surface area contributed by atoms with Crippen molar-refractivity contribution < 1.29 is 4.79 Å². The molecule has 0 fully saturated rings. The van der Waals surface area contributed by atoms with E-state index in [1.54, 1.807) is 23.1 Å². The third kappa shape index (κ3) is 5.36. The molecule has 1 amide bonds. The molecule has 0 bridgehead atoms. The second kappa shape index (κ2) is 9.87. The third-order valence-electron chi connectivity index (χ3n) is 4.08. The second-order valence-electron chi connectivity index (χ2n) is 5.61. The molecular weight excluding hydrogens is 336 g/mol. The molecule has 1 aromatic carbocycles. The highest BCUT2D eigenvalue weighted by Gasteiger charge is 2.21. The van der Waals surface area contributed by atoms with Crippen LogP contribution in [0, 0.1) is 0 Å². The third-order valence-corrected chi connectivity index (χ3v) is 5.89. The Morgan fingerprint density at radius 3 is 2.50 bits per heavy atom. The van der Waals surface area contributed by atoms with Gasteiger partial charge in [0.2, 0.25) is 5.91 Å². The van der Waals surface area contributed by atoms with Crippen LogP contribution in [0.25, 0.3) is 0 Å². The molecule has 1 aromatic heterocycles. The van der Waals surface area contributed by atoms with Gasteiger partial charge in [-0.1, -0.05) is 32.0 Å². The quantitative estimate of drug-likeness (QED) is 0.670. The molecule has 0 radical (unpaired) electrons. The van der Waals surface area contributed by atoms with Crippen molar-refractivity contribution in [2.75, 3.05) is 19.6 Å². The summed E-state index contributed by atoms with van der Waals surface area (Å²) in [5.74, 6) is 0.0937. The van der Waals surface area contributed by atoms with Gasteiger partial charge in [0.25, 0.3) is 0 Å². The molecule has 24 heavy (non-hydrogen) atoms. The van der Waals surface area contributed by atoms with Crippen LogP contribution < -0.4 is 5.32 Å². The molecule has 3 nitrogen and oxygen atoms in total. The van der Waals surface area contributed by atoms with Crippen LogP contribution in [-0.2, 0) is 4.79 Å². The summed E-state index contributed by atoms with van der Waals surface area (Å²) in [5, 5.41) is 7.32. The number of hydrogen-bond donors (Lipinski definition) is 1. The van der Waals surface area contributed by atoms with E-state index in [0.29, 0.717) is 6.54 Å². The number of rotatable bonds is 9. The first-order chi connectivity index (χ1) is 11.7. The average Bonchev–Trinajstić information content (AvgIpc) is 3.13. The predicted octanol–water partition coefficient (Wildman–Crippen LogP) is 4.43. The van der Waals surface area contributed by atoms with Gasteiger partial charge >= 0.3 is 0 Å². The fourth-order valence-corrected chi connectivity index (χ4v) is 4.30. The molecule has 0 aliphatic carbocycles. The van der Waals surface area contributed by atoms with E-state index >= 15 is 0 Å². The number of hydrogen-bond acceptors (Lipinski definition) is 4. The van der Waals surface area contributed by atoms with Crippen molar-refractivity contribution in [1.82, 2.24) is 10.2 Å². The number of nitrogens with one attached hydrogen (secondary N) is 1. The summed E-state index contributed by atoms with van der Waals surface area (Å²) in [6.07, 6.45) is 0. The van der Waals surface area contributed by atoms with Crippen LogP contribution in [0.3, 0.4) is 0 Å². The summed E-state index contributed by atoms with van der Waals surface area (Å²) < 4.78 is 0. The maximum atomic E-state index is 12.5. The van der Waals surface area contributed by atoms with Gasteiger partial charge in [-0.15, -0.1) is 11.8 Å². The van der Waals surface area contributed by atoms with E-state index in [-0.39, 0.29) is 17.2 Å². The number of carbonyl (C=O) groups excluding carboxylic acids is 1. The van der Waals surface area contributed by atoms with Crippen molar-refractivity contribution in [3.63, 3.8) is 0 Å². The molecule has 2 rings (SSSR count). The lowest BCUT2D eigenvalue weighted by Gasteiger charge is -2.29. The van der Waals surface area contributed by atoms with E-state index < -0.39 is 0 Å². The van der Waals surface area contributed by atoms with Gasteiger partial charge < -0.3 is 5.32 Å². The van der Waals surface area contributed by atoms with Gasteiger partial charge in [0.1, 0.15) is 0 Å². The van der Waals surface area contributed by atoms with Gasteiger partial charge in [-0.3, -0.25) is 9.69 Å². The summed E-state index contributed by atoms with van der Waals surface area (Å²) >= 11 is 3.30. The molecule has 0 spiro atoms. The molecule has 2 unspecified atom stereocenters. The Hall–Kier alpha value is -1.30. The van der Waals surface area contributed by atoms with E-state index in [9.17, 15) is 4.79 Å². The van der Waals surface area contributed by atoms with E-state index in [2.05, 4.69) is 40.9 Å². The number of carbonyl (C=O) groups is 1. The van der Waals surface area contributed by atoms with Crippen molar-refractivity contribution in [2.24, 2.45) is 0 Å². The lowest BCUT2D eigenvalue weighted by atomic mass is 10.1. The van der Waals surface area contributed by atoms with Crippen LogP contribution >= 0.6 is 23.1 Å². The SMILES string of the molecule is CCN(CC)C(CNC(=O)C(C)Sc1ccccc1)c1ccsc1. The maximum absolute atomic E-state index is 12.5. The Morgan fingerprint density at radius 1 is 1.21 bits per heavy atom. The monoisotopic (exact) mass is 362 g/mol. The number of amides is 1. The molecular formula is C19H26N2OS2. The largest absolute Gasteiger partial charge is 0.353 e. The topological polar surface area (TPSA) is 32.3 Å². The summed E-state index contributed by atoms with van der Waals surface area (Å²) in [5.41, 5.74) is 1.28. The fraction of sp³-hybridized carbons (Fsp3) is 0.421. The molecule has 5 heteroatoms. The van der Waals surface area contributed by atoms with E-state index in [1.165, 1.54) is 5.56 Å². The van der Waals surface area contributed by atoms with Crippen molar-refractivity contribution in [3.8, 4) is 0 Å². The summed E-state index contributed by atoms with van der Waals surface area (Å²) in [4.78, 5) is 16.0. The lowest BCUT2D eigenvalue weighted by molar-refractivity contribution is -0.120. The zero-order chi connectivity index (χ0) is 17.4. The average molecular weight is 363 g/mol. The number of likely N-dealkylation sites (N-methyl/N-ethyl adjacent to an activating group) is 1. The van der Waals surface area contributed by atoms with E-state index in [1.807, 2.05) is 37.3 Å². The first-order valence-corrected chi connectivity index (χ1v) is 10.2. The van der Waals surface area contributed by atoms with Crippen molar-refractivity contribution in [3.05, 3.63) is 52.7 Å². The molecule has 1 heterocycles. The van der Waals surface area contributed by atoms with Gasteiger partial charge in [-0.05, 0) is 54.5 Å². The highest BCUT2D eigenvalue weighted by molar-refractivity contribution is 8.00. The van der Waals surface area contributed by atoms with E-state index in [0.717, 1.165) is 18.0 Å². The Labute approximate surface area is 153 Å². The first kappa shape index (κ1) is 19.0. The molecule has 0 saturated heterocycles. The molecule has 0 aliphatic heterocycles. The van der Waals surface area contributed by atoms with Gasteiger partial charge in [-0.2, -0.15) is 11.3 Å².